The minimum atomic E-state index is 0.0863. The Morgan fingerprint density at radius 3 is 1.69 bits per heavy atom. The minimum Gasteiger partial charge on any atom is -0.398 e. The van der Waals surface area contributed by atoms with Gasteiger partial charge in [0.05, 0.1) is 0 Å². The zero-order chi connectivity index (χ0) is 12.7. The second-order valence-corrected chi connectivity index (χ2v) is 7.27. The van der Waals surface area contributed by atoms with Gasteiger partial charge in [-0.15, -0.1) is 0 Å². The molecule has 1 nitrogen and oxygen atoms in total. The molecule has 0 atom stereocenters. The number of nitrogen functional groups attached to an aromatic ring is 1. The number of hydrogen-bond acceptors (Lipinski definition) is 1. The first kappa shape index (κ1) is 13.6. The van der Waals surface area contributed by atoms with Crippen LogP contribution in [0, 0.1) is 0 Å². The van der Waals surface area contributed by atoms with Crippen LogP contribution in [-0.4, -0.2) is 0 Å². The van der Waals surface area contributed by atoms with Crippen molar-refractivity contribution in [2.45, 2.75) is 52.4 Å². The van der Waals surface area contributed by atoms with Gasteiger partial charge in [-0.05, 0) is 34.1 Å². The fourth-order valence-corrected chi connectivity index (χ4v) is 2.75. The van der Waals surface area contributed by atoms with Crippen molar-refractivity contribution in [3.05, 3.63) is 27.7 Å². The average Bonchev–Trinajstić information content (AvgIpc) is 2.04. The molecule has 2 N–H and O–H groups in total. The van der Waals surface area contributed by atoms with Crippen LogP contribution in [0.2, 0.25) is 0 Å². The minimum absolute atomic E-state index is 0.0863. The first-order valence-corrected chi connectivity index (χ1v) is 6.43. The molecular formula is C14H22BrN. The molecule has 90 valence electrons. The molecule has 0 spiro atoms. The van der Waals surface area contributed by atoms with Gasteiger partial charge in [-0.1, -0.05) is 57.5 Å². The Balaban J connectivity index is 3.40. The molecule has 1 rings (SSSR count). The Morgan fingerprint density at radius 2 is 1.31 bits per heavy atom. The Kier molecular flexibility index (Phi) is 3.45. The molecule has 1 aromatic carbocycles. The van der Waals surface area contributed by atoms with Crippen molar-refractivity contribution in [2.24, 2.45) is 0 Å². The molecule has 0 radical (unpaired) electrons. The van der Waals surface area contributed by atoms with Gasteiger partial charge in [0.25, 0.3) is 0 Å². The molecule has 0 aliphatic rings. The third-order valence-corrected chi connectivity index (χ3v) is 3.41. The lowest BCUT2D eigenvalue weighted by molar-refractivity contribution is 0.576. The summed E-state index contributed by atoms with van der Waals surface area (Å²) in [7, 11) is 0. The van der Waals surface area contributed by atoms with Gasteiger partial charge in [-0.25, -0.2) is 0 Å². The highest BCUT2D eigenvalue weighted by atomic mass is 79.9. The van der Waals surface area contributed by atoms with E-state index in [0.29, 0.717) is 0 Å². The van der Waals surface area contributed by atoms with Gasteiger partial charge in [0.1, 0.15) is 0 Å². The van der Waals surface area contributed by atoms with E-state index in [1.165, 1.54) is 11.1 Å². The molecule has 0 aliphatic carbocycles. The molecule has 0 aromatic heterocycles. The number of benzene rings is 1. The van der Waals surface area contributed by atoms with Crippen LogP contribution in [0.25, 0.3) is 0 Å². The summed E-state index contributed by atoms with van der Waals surface area (Å²) in [5, 5.41) is 0. The second kappa shape index (κ2) is 4.06. The molecule has 2 heteroatoms. The van der Waals surface area contributed by atoms with Crippen LogP contribution in [0.15, 0.2) is 16.6 Å². The standard InChI is InChI=1S/C14H22BrN/c1-13(2,3)9-8-12(16)10(7-11(9)15)14(4,5)6/h7-8H,16H2,1-6H3. The van der Waals surface area contributed by atoms with Gasteiger partial charge in [0.2, 0.25) is 0 Å². The maximum absolute atomic E-state index is 6.15. The maximum atomic E-state index is 6.15. The SMILES string of the molecule is CC(C)(C)c1cc(Br)c(C(C)(C)C)cc1N. The molecule has 0 bridgehead atoms. The van der Waals surface area contributed by atoms with Crippen LogP contribution in [-0.2, 0) is 10.8 Å². The van der Waals surface area contributed by atoms with Crippen molar-refractivity contribution in [3.8, 4) is 0 Å². The molecule has 0 saturated heterocycles. The van der Waals surface area contributed by atoms with Crippen LogP contribution >= 0.6 is 15.9 Å². The van der Waals surface area contributed by atoms with Gasteiger partial charge in [0, 0.05) is 10.2 Å². The van der Waals surface area contributed by atoms with E-state index in [0.717, 1.165) is 10.2 Å². The Labute approximate surface area is 108 Å². The predicted octanol–water partition coefficient (Wildman–Crippen LogP) is 4.63. The molecule has 0 amide bonds. The summed E-state index contributed by atoms with van der Waals surface area (Å²) in [5.41, 5.74) is 9.71. The fourth-order valence-electron chi connectivity index (χ4n) is 1.81. The smallest absolute Gasteiger partial charge is 0.0355 e. The van der Waals surface area contributed by atoms with E-state index in [1.807, 2.05) is 0 Å². The molecule has 16 heavy (non-hydrogen) atoms. The summed E-state index contributed by atoms with van der Waals surface area (Å²) in [6, 6.07) is 4.26. The Hall–Kier alpha value is -0.500. The van der Waals surface area contributed by atoms with Crippen molar-refractivity contribution >= 4 is 21.6 Å². The van der Waals surface area contributed by atoms with Gasteiger partial charge < -0.3 is 5.73 Å². The molecule has 0 unspecified atom stereocenters. The lowest BCUT2D eigenvalue weighted by Gasteiger charge is -2.26. The number of anilines is 1. The summed E-state index contributed by atoms with van der Waals surface area (Å²) in [5.74, 6) is 0. The number of rotatable bonds is 0. The third kappa shape index (κ3) is 2.79. The highest BCUT2D eigenvalue weighted by molar-refractivity contribution is 9.10. The average molecular weight is 284 g/mol. The number of halogens is 1. The largest absolute Gasteiger partial charge is 0.398 e. The van der Waals surface area contributed by atoms with Crippen LogP contribution in [0.4, 0.5) is 5.69 Å². The van der Waals surface area contributed by atoms with E-state index in [1.54, 1.807) is 0 Å². The van der Waals surface area contributed by atoms with Gasteiger partial charge >= 0.3 is 0 Å². The summed E-state index contributed by atoms with van der Waals surface area (Å²) in [6.07, 6.45) is 0. The van der Waals surface area contributed by atoms with E-state index in [2.05, 4.69) is 69.6 Å². The molecule has 1 aromatic rings. The van der Waals surface area contributed by atoms with E-state index in [-0.39, 0.29) is 10.8 Å². The first-order valence-electron chi connectivity index (χ1n) is 5.63. The molecule has 0 heterocycles. The number of nitrogens with two attached hydrogens (primary N) is 1. The Bertz CT molecular complexity index is 355. The van der Waals surface area contributed by atoms with E-state index in [9.17, 15) is 0 Å². The zero-order valence-corrected chi connectivity index (χ0v) is 12.7. The lowest BCUT2D eigenvalue weighted by Crippen LogP contribution is -2.18. The van der Waals surface area contributed by atoms with Crippen LogP contribution in [0.3, 0.4) is 0 Å². The van der Waals surface area contributed by atoms with Crippen molar-refractivity contribution < 1.29 is 0 Å². The van der Waals surface area contributed by atoms with Crippen molar-refractivity contribution in [2.75, 3.05) is 5.73 Å². The normalized spacial score (nSPS) is 12.9. The van der Waals surface area contributed by atoms with Crippen LogP contribution < -0.4 is 5.73 Å². The van der Waals surface area contributed by atoms with E-state index >= 15 is 0 Å². The third-order valence-electron chi connectivity index (χ3n) is 2.76. The topological polar surface area (TPSA) is 26.0 Å². The maximum Gasteiger partial charge on any atom is 0.0355 e. The van der Waals surface area contributed by atoms with Crippen molar-refractivity contribution in [1.82, 2.24) is 0 Å². The van der Waals surface area contributed by atoms with Gasteiger partial charge in [0.15, 0.2) is 0 Å². The monoisotopic (exact) mass is 283 g/mol. The Morgan fingerprint density at radius 1 is 0.875 bits per heavy atom. The number of hydrogen-bond donors (Lipinski definition) is 1. The summed E-state index contributed by atoms with van der Waals surface area (Å²) >= 11 is 3.65. The molecule has 0 saturated carbocycles. The first-order chi connectivity index (χ1) is 7.03. The highest BCUT2D eigenvalue weighted by Crippen LogP contribution is 2.37. The van der Waals surface area contributed by atoms with E-state index in [4.69, 9.17) is 5.73 Å². The zero-order valence-electron chi connectivity index (χ0n) is 11.1. The fraction of sp³-hybridized carbons (Fsp3) is 0.571. The molecule has 0 aliphatic heterocycles. The van der Waals surface area contributed by atoms with Gasteiger partial charge in [-0.2, -0.15) is 0 Å². The highest BCUT2D eigenvalue weighted by Gasteiger charge is 2.23. The summed E-state index contributed by atoms with van der Waals surface area (Å²) < 4.78 is 1.15. The van der Waals surface area contributed by atoms with Gasteiger partial charge in [-0.3, -0.25) is 0 Å². The van der Waals surface area contributed by atoms with Crippen molar-refractivity contribution in [3.63, 3.8) is 0 Å². The van der Waals surface area contributed by atoms with Crippen LogP contribution in [0.5, 0.6) is 0 Å². The molecule has 0 fully saturated rings. The van der Waals surface area contributed by atoms with Crippen LogP contribution in [0.1, 0.15) is 52.7 Å². The summed E-state index contributed by atoms with van der Waals surface area (Å²) in [4.78, 5) is 0. The lowest BCUT2D eigenvalue weighted by atomic mass is 9.81. The molecular weight excluding hydrogens is 262 g/mol. The summed E-state index contributed by atoms with van der Waals surface area (Å²) in [6.45, 7) is 13.1. The predicted molar refractivity (Wildman–Crippen MR) is 76.0 cm³/mol. The van der Waals surface area contributed by atoms with E-state index < -0.39 is 0 Å². The quantitative estimate of drug-likeness (QED) is 0.691. The second-order valence-electron chi connectivity index (χ2n) is 6.42. The van der Waals surface area contributed by atoms with Crippen molar-refractivity contribution in [1.29, 1.82) is 0 Å².